The SMILES string of the molecule is COc1cc(OCc2ncnn2C)cc(/C(N)=N/O)c1. The summed E-state index contributed by atoms with van der Waals surface area (Å²) in [7, 11) is 3.30. The van der Waals surface area contributed by atoms with Gasteiger partial charge >= 0.3 is 0 Å². The number of aryl methyl sites for hydroxylation is 1. The van der Waals surface area contributed by atoms with Crippen molar-refractivity contribution in [3.63, 3.8) is 0 Å². The number of hydrogen-bond acceptors (Lipinski definition) is 6. The highest BCUT2D eigenvalue weighted by molar-refractivity contribution is 5.97. The summed E-state index contributed by atoms with van der Waals surface area (Å²) in [6.45, 7) is 0.249. The lowest BCUT2D eigenvalue weighted by atomic mass is 10.2. The number of nitrogens with two attached hydrogens (primary N) is 1. The maximum absolute atomic E-state index is 8.72. The van der Waals surface area contributed by atoms with Crippen molar-refractivity contribution in [2.45, 2.75) is 6.61 Å². The molecular weight excluding hydrogens is 262 g/mol. The van der Waals surface area contributed by atoms with Gasteiger partial charge in [0, 0.05) is 18.7 Å². The first-order valence-corrected chi connectivity index (χ1v) is 5.76. The molecule has 3 N–H and O–H groups in total. The zero-order valence-electron chi connectivity index (χ0n) is 11.1. The summed E-state index contributed by atoms with van der Waals surface area (Å²) in [5, 5.41) is 15.6. The summed E-state index contributed by atoms with van der Waals surface area (Å²) < 4.78 is 12.4. The molecule has 0 atom stereocenters. The van der Waals surface area contributed by atoms with E-state index in [1.807, 2.05) is 0 Å². The van der Waals surface area contributed by atoms with Gasteiger partial charge in [-0.2, -0.15) is 5.10 Å². The Morgan fingerprint density at radius 1 is 1.40 bits per heavy atom. The Morgan fingerprint density at radius 2 is 2.15 bits per heavy atom. The van der Waals surface area contributed by atoms with Crippen LogP contribution >= 0.6 is 0 Å². The van der Waals surface area contributed by atoms with Gasteiger partial charge in [0.1, 0.15) is 24.4 Å². The maximum Gasteiger partial charge on any atom is 0.170 e. The molecule has 0 radical (unpaired) electrons. The summed E-state index contributed by atoms with van der Waals surface area (Å²) in [4.78, 5) is 4.05. The number of rotatable bonds is 5. The summed E-state index contributed by atoms with van der Waals surface area (Å²) in [5.74, 6) is 1.72. The fourth-order valence-corrected chi connectivity index (χ4v) is 1.58. The third-order valence-corrected chi connectivity index (χ3v) is 2.69. The van der Waals surface area contributed by atoms with Crippen LogP contribution in [0.1, 0.15) is 11.4 Å². The normalized spacial score (nSPS) is 11.4. The molecular formula is C12H15N5O3. The maximum atomic E-state index is 8.72. The monoisotopic (exact) mass is 277 g/mol. The summed E-state index contributed by atoms with van der Waals surface area (Å²) in [6.07, 6.45) is 1.45. The van der Waals surface area contributed by atoms with Crippen LogP contribution in [0.25, 0.3) is 0 Å². The average Bonchev–Trinajstić information content (AvgIpc) is 2.89. The highest BCUT2D eigenvalue weighted by atomic mass is 16.5. The van der Waals surface area contributed by atoms with Crippen molar-refractivity contribution in [1.82, 2.24) is 14.8 Å². The van der Waals surface area contributed by atoms with Gasteiger partial charge in [-0.3, -0.25) is 4.68 Å². The van der Waals surface area contributed by atoms with Gasteiger partial charge in [-0.05, 0) is 12.1 Å². The van der Waals surface area contributed by atoms with Crippen LogP contribution in [0.2, 0.25) is 0 Å². The molecule has 2 aromatic rings. The molecule has 0 aliphatic rings. The average molecular weight is 277 g/mol. The minimum absolute atomic E-state index is 0.0209. The molecule has 0 fully saturated rings. The number of aromatic nitrogens is 3. The number of nitrogens with zero attached hydrogens (tertiary/aromatic N) is 4. The van der Waals surface area contributed by atoms with E-state index in [0.29, 0.717) is 22.9 Å². The Hall–Kier alpha value is -2.77. The van der Waals surface area contributed by atoms with Gasteiger partial charge in [0.05, 0.1) is 7.11 Å². The van der Waals surface area contributed by atoms with Crippen LogP contribution in [-0.2, 0) is 13.7 Å². The van der Waals surface area contributed by atoms with Crippen LogP contribution < -0.4 is 15.2 Å². The Labute approximate surface area is 115 Å². The molecule has 106 valence electrons. The van der Waals surface area contributed by atoms with Gasteiger partial charge in [-0.25, -0.2) is 4.98 Å². The third-order valence-electron chi connectivity index (χ3n) is 2.69. The minimum atomic E-state index is -0.0209. The van der Waals surface area contributed by atoms with Crippen molar-refractivity contribution in [2.24, 2.45) is 17.9 Å². The number of hydrogen-bond donors (Lipinski definition) is 2. The lowest BCUT2D eigenvalue weighted by molar-refractivity contribution is 0.287. The first-order valence-electron chi connectivity index (χ1n) is 5.76. The lowest BCUT2D eigenvalue weighted by Gasteiger charge is -2.10. The standard InChI is InChI=1S/C12H15N5O3/c1-17-11(14-7-15-17)6-20-10-4-8(12(13)16-18)3-9(5-10)19-2/h3-5,7,18H,6H2,1-2H3,(H2,13,16). The smallest absolute Gasteiger partial charge is 0.170 e. The van der Waals surface area contributed by atoms with Crippen molar-refractivity contribution in [1.29, 1.82) is 0 Å². The van der Waals surface area contributed by atoms with Crippen molar-refractivity contribution < 1.29 is 14.7 Å². The molecule has 0 spiro atoms. The Balaban J connectivity index is 2.20. The molecule has 0 bridgehead atoms. The van der Waals surface area contributed by atoms with E-state index in [2.05, 4.69) is 15.2 Å². The van der Waals surface area contributed by atoms with Crippen LogP contribution in [0.3, 0.4) is 0 Å². The zero-order chi connectivity index (χ0) is 14.5. The van der Waals surface area contributed by atoms with Crippen LogP contribution in [0.4, 0.5) is 0 Å². The van der Waals surface area contributed by atoms with Crippen molar-refractivity contribution >= 4 is 5.84 Å². The van der Waals surface area contributed by atoms with Crippen molar-refractivity contribution in [2.75, 3.05) is 7.11 Å². The van der Waals surface area contributed by atoms with Crippen LogP contribution in [0, 0.1) is 0 Å². The fourth-order valence-electron chi connectivity index (χ4n) is 1.58. The predicted octanol–water partition coefficient (Wildman–Crippen LogP) is 0.497. The molecule has 2 rings (SSSR count). The Kier molecular flexibility index (Phi) is 4.04. The second-order valence-electron chi connectivity index (χ2n) is 3.97. The van der Waals surface area contributed by atoms with Crippen molar-refractivity contribution in [3.8, 4) is 11.5 Å². The number of ether oxygens (including phenoxy) is 2. The van der Waals surface area contributed by atoms with Crippen LogP contribution in [-0.4, -0.2) is 32.9 Å². The topological polar surface area (TPSA) is 108 Å². The van der Waals surface area contributed by atoms with Gasteiger partial charge in [0.25, 0.3) is 0 Å². The highest BCUT2D eigenvalue weighted by Gasteiger charge is 2.08. The second-order valence-corrected chi connectivity index (χ2v) is 3.97. The molecule has 1 aromatic carbocycles. The number of oxime groups is 1. The molecule has 0 amide bonds. The molecule has 0 saturated carbocycles. The molecule has 0 aliphatic heterocycles. The molecule has 0 saturated heterocycles. The van der Waals surface area contributed by atoms with E-state index < -0.39 is 0 Å². The van der Waals surface area contributed by atoms with Gasteiger partial charge in [-0.15, -0.1) is 0 Å². The molecule has 0 aliphatic carbocycles. The first kappa shape index (κ1) is 13.7. The summed E-state index contributed by atoms with van der Waals surface area (Å²) in [5.41, 5.74) is 6.06. The fraction of sp³-hybridized carbons (Fsp3) is 0.250. The number of benzene rings is 1. The van der Waals surface area contributed by atoms with Gasteiger partial charge in [0.2, 0.25) is 0 Å². The zero-order valence-corrected chi connectivity index (χ0v) is 11.1. The molecule has 1 aromatic heterocycles. The quantitative estimate of drug-likeness (QED) is 0.356. The van der Waals surface area contributed by atoms with E-state index in [-0.39, 0.29) is 12.4 Å². The van der Waals surface area contributed by atoms with Crippen molar-refractivity contribution in [3.05, 3.63) is 35.9 Å². The molecule has 0 unspecified atom stereocenters. The van der Waals surface area contributed by atoms with E-state index in [0.717, 1.165) is 0 Å². The lowest BCUT2D eigenvalue weighted by Crippen LogP contribution is -2.13. The summed E-state index contributed by atoms with van der Waals surface area (Å²) in [6, 6.07) is 4.99. The van der Waals surface area contributed by atoms with Crippen LogP contribution in [0.15, 0.2) is 29.7 Å². The first-order chi connectivity index (χ1) is 9.63. The minimum Gasteiger partial charge on any atom is -0.497 e. The van der Waals surface area contributed by atoms with E-state index in [1.165, 1.54) is 13.4 Å². The van der Waals surface area contributed by atoms with Crippen LogP contribution in [0.5, 0.6) is 11.5 Å². The number of methoxy groups -OCH3 is 1. The molecule has 8 heteroatoms. The Morgan fingerprint density at radius 3 is 2.75 bits per heavy atom. The van der Waals surface area contributed by atoms with Gasteiger partial charge in [-0.1, -0.05) is 5.16 Å². The van der Waals surface area contributed by atoms with E-state index in [1.54, 1.807) is 29.9 Å². The van der Waals surface area contributed by atoms with E-state index in [9.17, 15) is 0 Å². The molecule has 20 heavy (non-hydrogen) atoms. The highest BCUT2D eigenvalue weighted by Crippen LogP contribution is 2.23. The molecule has 8 nitrogen and oxygen atoms in total. The van der Waals surface area contributed by atoms with Gasteiger partial charge in [0.15, 0.2) is 11.7 Å². The predicted molar refractivity (Wildman–Crippen MR) is 70.8 cm³/mol. The van der Waals surface area contributed by atoms with E-state index >= 15 is 0 Å². The third kappa shape index (κ3) is 2.97. The Bertz CT molecular complexity index is 623. The van der Waals surface area contributed by atoms with Gasteiger partial charge < -0.3 is 20.4 Å². The number of amidine groups is 1. The van der Waals surface area contributed by atoms with E-state index in [4.69, 9.17) is 20.4 Å². The largest absolute Gasteiger partial charge is 0.497 e. The summed E-state index contributed by atoms with van der Waals surface area (Å²) >= 11 is 0. The second kappa shape index (κ2) is 5.91. The molecule has 1 heterocycles.